The molecule has 3 rings (SSSR count). The van der Waals surface area contributed by atoms with E-state index >= 15 is 0 Å². The van der Waals surface area contributed by atoms with E-state index in [2.05, 4.69) is 30.6 Å². The van der Waals surface area contributed by atoms with Crippen LogP contribution in [0, 0.1) is 6.92 Å². The molecule has 1 aliphatic heterocycles. The predicted molar refractivity (Wildman–Crippen MR) is 138 cm³/mol. The van der Waals surface area contributed by atoms with Crippen LogP contribution in [0.1, 0.15) is 40.3 Å². The standard InChI is InChI=1S/C26H36N2O6S/c1-16-5-8-18(26-25(33)24(32)21(29)15-35(26)2)13-19(16)12-17-6-9-20(10-7-17)34-11-3-4-23(31)28-14-22(27)30/h5-10,13,21,24-26,29,32-33,35H,3-4,11-12,14-15H2,1-2H3,(H2,27,30)(H,28,31)/t21-,24-,25-,26+/m1/s1. The minimum Gasteiger partial charge on any atom is -0.494 e. The van der Waals surface area contributed by atoms with E-state index in [1.54, 1.807) is 0 Å². The van der Waals surface area contributed by atoms with Crippen LogP contribution < -0.4 is 15.8 Å². The van der Waals surface area contributed by atoms with Crippen molar-refractivity contribution in [3.8, 4) is 5.75 Å². The maximum atomic E-state index is 11.6. The molecule has 8 nitrogen and oxygen atoms in total. The van der Waals surface area contributed by atoms with Gasteiger partial charge in [0.25, 0.3) is 0 Å². The summed E-state index contributed by atoms with van der Waals surface area (Å²) < 4.78 is 5.71. The van der Waals surface area contributed by atoms with Gasteiger partial charge in [-0.3, -0.25) is 9.59 Å². The van der Waals surface area contributed by atoms with Crippen molar-refractivity contribution in [1.29, 1.82) is 0 Å². The first-order chi connectivity index (χ1) is 16.7. The number of carbonyl (C=O) groups is 2. The van der Waals surface area contributed by atoms with Gasteiger partial charge in [0.15, 0.2) is 0 Å². The molecule has 2 aromatic rings. The summed E-state index contributed by atoms with van der Waals surface area (Å²) in [6.07, 6.45) is 0.585. The van der Waals surface area contributed by atoms with Gasteiger partial charge in [-0.15, -0.1) is 0 Å². The largest absolute Gasteiger partial charge is 0.494 e. The van der Waals surface area contributed by atoms with Crippen molar-refractivity contribution in [3.63, 3.8) is 0 Å². The van der Waals surface area contributed by atoms with Crippen LogP contribution in [0.4, 0.5) is 0 Å². The van der Waals surface area contributed by atoms with Crippen molar-refractivity contribution in [2.75, 3.05) is 25.2 Å². The van der Waals surface area contributed by atoms with Gasteiger partial charge in [-0.2, -0.15) is 0 Å². The van der Waals surface area contributed by atoms with E-state index in [0.717, 1.165) is 28.7 Å². The number of carbonyl (C=O) groups excluding carboxylic acids is 2. The van der Waals surface area contributed by atoms with Crippen LogP contribution in [-0.4, -0.2) is 70.6 Å². The lowest BCUT2D eigenvalue weighted by Crippen LogP contribution is -2.47. The fourth-order valence-electron chi connectivity index (χ4n) is 4.33. The highest BCUT2D eigenvalue weighted by Gasteiger charge is 2.40. The van der Waals surface area contributed by atoms with Gasteiger partial charge in [0.05, 0.1) is 25.4 Å². The molecule has 0 aliphatic carbocycles. The zero-order chi connectivity index (χ0) is 25.5. The van der Waals surface area contributed by atoms with Crippen LogP contribution in [0.5, 0.6) is 5.75 Å². The molecular weight excluding hydrogens is 468 g/mol. The highest BCUT2D eigenvalue weighted by Crippen LogP contribution is 2.48. The second-order valence-electron chi connectivity index (χ2n) is 9.13. The molecule has 1 aliphatic rings. The maximum Gasteiger partial charge on any atom is 0.236 e. The van der Waals surface area contributed by atoms with Crippen LogP contribution in [-0.2, 0) is 16.0 Å². The number of hydrogen-bond donors (Lipinski definition) is 6. The molecule has 0 bridgehead atoms. The molecule has 1 unspecified atom stereocenters. The first-order valence-corrected chi connectivity index (χ1v) is 13.8. The number of thiol groups is 1. The van der Waals surface area contributed by atoms with Crippen LogP contribution >= 0.6 is 10.9 Å². The molecule has 6 N–H and O–H groups in total. The van der Waals surface area contributed by atoms with Crippen LogP contribution in [0.2, 0.25) is 0 Å². The van der Waals surface area contributed by atoms with Gasteiger partial charge in [-0.25, -0.2) is 10.9 Å². The van der Waals surface area contributed by atoms with E-state index in [0.29, 0.717) is 24.5 Å². The minimum atomic E-state index is -1.12. The van der Waals surface area contributed by atoms with Gasteiger partial charge in [-0.1, -0.05) is 30.3 Å². The summed E-state index contributed by atoms with van der Waals surface area (Å²) in [6.45, 7) is 2.28. The number of rotatable bonds is 10. The summed E-state index contributed by atoms with van der Waals surface area (Å²) in [5.74, 6) is 0.423. The zero-order valence-corrected chi connectivity index (χ0v) is 21.1. The lowest BCUT2D eigenvalue weighted by molar-refractivity contribution is -0.124. The fourth-order valence-corrected chi connectivity index (χ4v) is 6.73. The average Bonchev–Trinajstić information content (AvgIpc) is 2.82. The summed E-state index contributed by atoms with van der Waals surface area (Å²) in [4.78, 5) is 22.3. The molecular formula is C26H36N2O6S. The molecule has 0 aromatic heterocycles. The Kier molecular flexibility index (Phi) is 9.56. The monoisotopic (exact) mass is 504 g/mol. The third-order valence-electron chi connectivity index (χ3n) is 6.33. The molecule has 0 radical (unpaired) electrons. The van der Waals surface area contributed by atoms with Crippen LogP contribution in [0.25, 0.3) is 0 Å². The van der Waals surface area contributed by atoms with E-state index in [4.69, 9.17) is 10.5 Å². The Morgan fingerprint density at radius 3 is 2.51 bits per heavy atom. The predicted octanol–water partition coefficient (Wildman–Crippen LogP) is 1.11. The van der Waals surface area contributed by atoms with Crippen LogP contribution in [0.3, 0.4) is 0 Å². The number of nitrogens with one attached hydrogen (secondary N) is 1. The summed E-state index contributed by atoms with van der Waals surface area (Å²) in [6, 6.07) is 14.0. The number of aryl methyl sites for hydroxylation is 1. The van der Waals surface area contributed by atoms with E-state index < -0.39 is 35.1 Å². The molecule has 35 heavy (non-hydrogen) atoms. The van der Waals surface area contributed by atoms with E-state index in [-0.39, 0.29) is 24.1 Å². The van der Waals surface area contributed by atoms with Crippen molar-refractivity contribution in [1.82, 2.24) is 5.32 Å². The van der Waals surface area contributed by atoms with E-state index in [1.165, 1.54) is 0 Å². The molecule has 192 valence electrons. The lowest BCUT2D eigenvalue weighted by atomic mass is 9.94. The van der Waals surface area contributed by atoms with Crippen molar-refractivity contribution in [2.24, 2.45) is 5.73 Å². The number of aliphatic hydroxyl groups excluding tert-OH is 3. The highest BCUT2D eigenvalue weighted by molar-refractivity contribution is 8.16. The molecule has 1 saturated heterocycles. The molecule has 2 amide bonds. The van der Waals surface area contributed by atoms with E-state index in [1.807, 2.05) is 30.3 Å². The van der Waals surface area contributed by atoms with Gasteiger partial charge in [0.1, 0.15) is 11.9 Å². The van der Waals surface area contributed by atoms with Crippen molar-refractivity contribution >= 4 is 22.7 Å². The second kappa shape index (κ2) is 12.4. The van der Waals surface area contributed by atoms with Gasteiger partial charge in [-0.05, 0) is 60.4 Å². The second-order valence-corrected chi connectivity index (χ2v) is 11.6. The van der Waals surface area contributed by atoms with Gasteiger partial charge >= 0.3 is 0 Å². The smallest absolute Gasteiger partial charge is 0.236 e. The third-order valence-corrected chi connectivity index (χ3v) is 8.83. The number of ether oxygens (including phenoxy) is 1. The van der Waals surface area contributed by atoms with E-state index in [9.17, 15) is 24.9 Å². The summed E-state index contributed by atoms with van der Waals surface area (Å²) in [5, 5.41) is 33.1. The Hall–Kier alpha value is -2.59. The number of aliphatic hydroxyl groups is 3. The van der Waals surface area contributed by atoms with Crippen molar-refractivity contribution in [2.45, 2.75) is 49.7 Å². The number of benzene rings is 2. The van der Waals surface area contributed by atoms with Gasteiger partial charge in [0.2, 0.25) is 11.8 Å². The van der Waals surface area contributed by atoms with Crippen LogP contribution in [0.15, 0.2) is 42.5 Å². The lowest BCUT2D eigenvalue weighted by Gasteiger charge is -2.42. The minimum absolute atomic E-state index is 0.157. The molecule has 9 heteroatoms. The topological polar surface area (TPSA) is 142 Å². The quantitative estimate of drug-likeness (QED) is 0.211. The molecule has 1 fully saturated rings. The Bertz CT molecular complexity index is 1020. The third kappa shape index (κ3) is 7.44. The Morgan fingerprint density at radius 1 is 1.11 bits per heavy atom. The Morgan fingerprint density at radius 2 is 1.83 bits per heavy atom. The normalized spacial score (nSPS) is 25.1. The Labute approximate surface area is 208 Å². The highest BCUT2D eigenvalue weighted by atomic mass is 32.2. The summed E-state index contributed by atoms with van der Waals surface area (Å²) in [5.41, 5.74) is 9.40. The number of nitrogens with two attached hydrogens (primary N) is 1. The fraction of sp³-hybridized carbons (Fsp3) is 0.462. The zero-order valence-electron chi connectivity index (χ0n) is 20.2. The molecule has 1 heterocycles. The molecule has 0 spiro atoms. The maximum absolute atomic E-state index is 11.6. The summed E-state index contributed by atoms with van der Waals surface area (Å²) in [7, 11) is -0.662. The van der Waals surface area contributed by atoms with Gasteiger partial charge in [0, 0.05) is 17.4 Å². The van der Waals surface area contributed by atoms with Crippen molar-refractivity contribution in [3.05, 3.63) is 64.7 Å². The summed E-state index contributed by atoms with van der Waals surface area (Å²) >= 11 is 0. The number of amides is 2. The number of primary amides is 1. The molecule has 2 aromatic carbocycles. The number of hydrogen-bond acceptors (Lipinski definition) is 6. The van der Waals surface area contributed by atoms with Gasteiger partial charge < -0.3 is 31.1 Å². The van der Waals surface area contributed by atoms with Crippen molar-refractivity contribution < 1.29 is 29.6 Å². The first-order valence-electron chi connectivity index (χ1n) is 11.8. The Balaban J connectivity index is 1.57. The SMILES string of the molecule is Cc1ccc([C@H]2[C@H](O)[C@H](O)[C@H](O)C[SH]2C)cc1Cc1ccc(OCCCC(=O)NCC(N)=O)cc1. The molecule has 0 saturated carbocycles. The average molecular weight is 505 g/mol. The first kappa shape index (κ1) is 27.0. The molecule has 5 atom stereocenters.